The number of anilines is 6. The van der Waals surface area contributed by atoms with Gasteiger partial charge >= 0.3 is 0 Å². The Morgan fingerprint density at radius 2 is 0.456 bits per heavy atom. The van der Waals surface area contributed by atoms with Gasteiger partial charge in [0, 0.05) is 32.9 Å². The van der Waals surface area contributed by atoms with E-state index >= 15 is 0 Å². The Morgan fingerprint density at radius 1 is 0.176 bits per heavy atom. The van der Waals surface area contributed by atoms with Crippen LogP contribution in [0.15, 0.2) is 267 Å². The highest BCUT2D eigenvalue weighted by Gasteiger charge is 2.20. The van der Waals surface area contributed by atoms with Crippen molar-refractivity contribution in [3.05, 3.63) is 267 Å². The average Bonchev–Trinajstić information content (AvgIpc) is 3.41. The van der Waals surface area contributed by atoms with Gasteiger partial charge in [0.2, 0.25) is 0 Å². The average molecular weight is 865 g/mol. The van der Waals surface area contributed by atoms with E-state index < -0.39 is 0 Å². The van der Waals surface area contributed by atoms with Gasteiger partial charge in [-0.15, -0.1) is 0 Å². The summed E-state index contributed by atoms with van der Waals surface area (Å²) in [4.78, 5) is 4.83. The second-order valence-corrected chi connectivity index (χ2v) is 17.7. The zero-order valence-corrected chi connectivity index (χ0v) is 37.3. The van der Waals surface area contributed by atoms with Crippen molar-refractivity contribution >= 4 is 98.8 Å². The second kappa shape index (κ2) is 16.5. The van der Waals surface area contributed by atoms with Crippen molar-refractivity contribution in [2.75, 3.05) is 9.80 Å². The zero-order chi connectivity index (χ0) is 45.0. The van der Waals surface area contributed by atoms with E-state index in [1.807, 2.05) is 0 Å². The molecule has 0 saturated heterocycles. The first-order valence-electron chi connectivity index (χ1n) is 23.4. The van der Waals surface area contributed by atoms with Gasteiger partial charge in [0.25, 0.3) is 0 Å². The number of rotatable bonds is 8. The maximum absolute atomic E-state index is 2.41. The van der Waals surface area contributed by atoms with E-state index in [-0.39, 0.29) is 0 Å². The van der Waals surface area contributed by atoms with Crippen molar-refractivity contribution in [2.45, 2.75) is 0 Å². The van der Waals surface area contributed by atoms with Crippen molar-refractivity contribution in [3.8, 4) is 22.3 Å². The molecule has 0 unspecified atom stereocenters. The molecule has 0 atom stereocenters. The molecular formula is C66H44N2. The lowest BCUT2D eigenvalue weighted by atomic mass is 9.96. The normalized spacial score (nSPS) is 11.5. The van der Waals surface area contributed by atoms with Crippen LogP contribution in [0.3, 0.4) is 0 Å². The molecule has 0 N–H and O–H groups in total. The largest absolute Gasteiger partial charge is 0.309 e. The molecular weight excluding hydrogens is 821 g/mol. The molecule has 0 fully saturated rings. The molecule has 0 saturated carbocycles. The molecule has 0 amide bonds. The SMILES string of the molecule is c1ccc2c(N(c3ccc(-c4ccc5cc6cc(-c7ccc(N(c8cccc9ccccc89)c8cccc9ccccc89)cc7)ccc6cc5c4)cc3)c3cccc4ccccc34)cccc2c1. The number of hydrogen-bond donors (Lipinski definition) is 0. The van der Waals surface area contributed by atoms with Gasteiger partial charge in [0.15, 0.2) is 0 Å². The van der Waals surface area contributed by atoms with Gasteiger partial charge in [0.05, 0.1) is 22.7 Å². The van der Waals surface area contributed by atoms with Crippen LogP contribution in [0.1, 0.15) is 0 Å². The van der Waals surface area contributed by atoms with Crippen LogP contribution in [0.25, 0.3) is 86.9 Å². The summed E-state index contributed by atoms with van der Waals surface area (Å²) in [6, 6.07) is 97.5. The van der Waals surface area contributed by atoms with Gasteiger partial charge in [0.1, 0.15) is 0 Å². The lowest BCUT2D eigenvalue weighted by Crippen LogP contribution is -2.11. The molecule has 13 aromatic rings. The van der Waals surface area contributed by atoms with Crippen LogP contribution in [-0.2, 0) is 0 Å². The molecule has 0 aliphatic rings. The fourth-order valence-electron chi connectivity index (χ4n) is 10.4. The number of benzene rings is 13. The lowest BCUT2D eigenvalue weighted by molar-refractivity contribution is 1.31. The summed E-state index contributed by atoms with van der Waals surface area (Å²) in [6.07, 6.45) is 0. The molecule has 0 radical (unpaired) electrons. The highest BCUT2D eigenvalue weighted by atomic mass is 15.2. The van der Waals surface area contributed by atoms with E-state index in [2.05, 4.69) is 277 Å². The van der Waals surface area contributed by atoms with Crippen LogP contribution in [-0.4, -0.2) is 0 Å². The molecule has 318 valence electrons. The summed E-state index contributed by atoms with van der Waals surface area (Å²) in [5.74, 6) is 0. The molecule has 13 aromatic carbocycles. The van der Waals surface area contributed by atoms with Gasteiger partial charge in [-0.3, -0.25) is 0 Å². The van der Waals surface area contributed by atoms with Gasteiger partial charge in [-0.1, -0.05) is 194 Å². The maximum atomic E-state index is 2.41. The standard InChI is InChI=1S/C66H44N2/c1-5-21-59-47(13-1)17-9-25-63(59)67(64-26-10-18-48-14-2-6-22-60(48)64)57-37-33-45(34-38-57)51-29-31-53-44-56-42-52(30-32-54(56)43-55(53)41-51)46-35-39-58(40-36-46)68(65-27-11-19-49-15-3-7-23-61(49)65)66-28-12-20-50-16-4-8-24-62(50)66/h1-44H. The van der Waals surface area contributed by atoms with E-state index in [0.717, 1.165) is 34.1 Å². The van der Waals surface area contributed by atoms with E-state index in [9.17, 15) is 0 Å². The van der Waals surface area contributed by atoms with E-state index in [0.29, 0.717) is 0 Å². The quantitative estimate of drug-likeness (QED) is 0.140. The number of hydrogen-bond acceptors (Lipinski definition) is 2. The zero-order valence-electron chi connectivity index (χ0n) is 37.3. The smallest absolute Gasteiger partial charge is 0.0540 e. The predicted molar refractivity (Wildman–Crippen MR) is 292 cm³/mol. The Kier molecular flexibility index (Phi) is 9.54. The molecule has 0 aliphatic heterocycles. The molecule has 68 heavy (non-hydrogen) atoms. The summed E-state index contributed by atoms with van der Waals surface area (Å²) >= 11 is 0. The summed E-state index contributed by atoms with van der Waals surface area (Å²) in [5, 5.41) is 14.7. The highest BCUT2D eigenvalue weighted by molar-refractivity contribution is 6.07. The Balaban J connectivity index is 0.826. The predicted octanol–water partition coefficient (Wildman–Crippen LogP) is 18.9. The van der Waals surface area contributed by atoms with Gasteiger partial charge in [-0.25, -0.2) is 0 Å². The topological polar surface area (TPSA) is 6.48 Å². The maximum Gasteiger partial charge on any atom is 0.0540 e. The van der Waals surface area contributed by atoms with E-state index in [1.54, 1.807) is 0 Å². The monoisotopic (exact) mass is 864 g/mol. The Bertz CT molecular complexity index is 3590. The van der Waals surface area contributed by atoms with Crippen molar-refractivity contribution in [1.29, 1.82) is 0 Å². The first-order valence-corrected chi connectivity index (χ1v) is 23.4. The van der Waals surface area contributed by atoms with E-state index in [4.69, 9.17) is 0 Å². The highest BCUT2D eigenvalue weighted by Crippen LogP contribution is 2.45. The third kappa shape index (κ3) is 6.90. The minimum atomic E-state index is 1.12. The number of fused-ring (bicyclic) bond motifs is 6. The summed E-state index contributed by atoms with van der Waals surface area (Å²) in [5.41, 5.74) is 11.6. The van der Waals surface area contributed by atoms with E-state index in [1.165, 1.54) is 86.9 Å². The van der Waals surface area contributed by atoms with Crippen molar-refractivity contribution in [3.63, 3.8) is 0 Å². The number of nitrogens with zero attached hydrogens (tertiary/aromatic N) is 2. The second-order valence-electron chi connectivity index (χ2n) is 17.7. The minimum absolute atomic E-state index is 1.12. The third-order valence-corrected chi connectivity index (χ3v) is 13.7. The lowest BCUT2D eigenvalue weighted by Gasteiger charge is -2.28. The summed E-state index contributed by atoms with van der Waals surface area (Å²) < 4.78 is 0. The molecule has 2 nitrogen and oxygen atoms in total. The molecule has 13 rings (SSSR count). The van der Waals surface area contributed by atoms with Crippen LogP contribution >= 0.6 is 0 Å². The summed E-state index contributed by atoms with van der Waals surface area (Å²) in [7, 11) is 0. The Hall–Kier alpha value is -8.98. The Labute approximate surface area is 395 Å². The molecule has 0 bridgehead atoms. The molecule has 0 aromatic heterocycles. The van der Waals surface area contributed by atoms with Crippen LogP contribution < -0.4 is 9.80 Å². The third-order valence-electron chi connectivity index (χ3n) is 13.7. The Morgan fingerprint density at radius 3 is 0.779 bits per heavy atom. The van der Waals surface area contributed by atoms with Crippen LogP contribution in [0, 0.1) is 0 Å². The van der Waals surface area contributed by atoms with Crippen molar-refractivity contribution in [2.24, 2.45) is 0 Å². The van der Waals surface area contributed by atoms with Crippen LogP contribution in [0.5, 0.6) is 0 Å². The first kappa shape index (κ1) is 39.4. The molecule has 2 heteroatoms. The van der Waals surface area contributed by atoms with Gasteiger partial charge in [-0.05, 0) is 138 Å². The molecule has 0 spiro atoms. The minimum Gasteiger partial charge on any atom is -0.309 e. The van der Waals surface area contributed by atoms with Crippen LogP contribution in [0.2, 0.25) is 0 Å². The summed E-state index contributed by atoms with van der Waals surface area (Å²) in [6.45, 7) is 0. The van der Waals surface area contributed by atoms with Crippen molar-refractivity contribution in [1.82, 2.24) is 0 Å². The molecule has 0 aliphatic carbocycles. The first-order chi connectivity index (χ1) is 33.7. The van der Waals surface area contributed by atoms with Crippen LogP contribution in [0.4, 0.5) is 34.1 Å². The van der Waals surface area contributed by atoms with Gasteiger partial charge in [-0.2, -0.15) is 0 Å². The van der Waals surface area contributed by atoms with Crippen molar-refractivity contribution < 1.29 is 0 Å². The van der Waals surface area contributed by atoms with Gasteiger partial charge < -0.3 is 9.80 Å². The fourth-order valence-corrected chi connectivity index (χ4v) is 10.4. The molecule has 0 heterocycles. The fraction of sp³-hybridized carbons (Fsp3) is 0.